The molecule has 3 rings (SSSR count). The Bertz CT molecular complexity index is 434. The van der Waals surface area contributed by atoms with Crippen molar-refractivity contribution in [3.8, 4) is 0 Å². The summed E-state index contributed by atoms with van der Waals surface area (Å²) in [6.07, 6.45) is 4.01. The summed E-state index contributed by atoms with van der Waals surface area (Å²) >= 11 is 0. The van der Waals surface area contributed by atoms with Gasteiger partial charge < -0.3 is 15.3 Å². The standard InChI is InChI=1S/C13H20N4O2/c18-10-6-12(14-7-10)13(19)17-5-1-2-9(8-17)11-3-4-15-16-11/h3-4,9-10,12,14,18H,1-2,5-8H2,(H,15,16). The fourth-order valence-electron chi connectivity index (χ4n) is 3.05. The monoisotopic (exact) mass is 264 g/mol. The largest absolute Gasteiger partial charge is 0.392 e. The Morgan fingerprint density at radius 1 is 1.53 bits per heavy atom. The van der Waals surface area contributed by atoms with Crippen LogP contribution in [-0.4, -0.2) is 57.9 Å². The van der Waals surface area contributed by atoms with Crippen LogP contribution in [0.4, 0.5) is 0 Å². The molecule has 2 aliphatic heterocycles. The summed E-state index contributed by atoms with van der Waals surface area (Å²) in [4.78, 5) is 14.3. The van der Waals surface area contributed by atoms with E-state index >= 15 is 0 Å². The molecular weight excluding hydrogens is 244 g/mol. The Morgan fingerprint density at radius 3 is 3.11 bits per heavy atom. The summed E-state index contributed by atoms with van der Waals surface area (Å²) in [6.45, 7) is 2.08. The van der Waals surface area contributed by atoms with Gasteiger partial charge in [0.1, 0.15) is 0 Å². The van der Waals surface area contributed by atoms with Gasteiger partial charge in [-0.05, 0) is 25.3 Å². The van der Waals surface area contributed by atoms with Gasteiger partial charge >= 0.3 is 0 Å². The van der Waals surface area contributed by atoms with E-state index in [-0.39, 0.29) is 18.1 Å². The highest BCUT2D eigenvalue weighted by atomic mass is 16.3. The van der Waals surface area contributed by atoms with E-state index in [4.69, 9.17) is 0 Å². The van der Waals surface area contributed by atoms with Crippen molar-refractivity contribution in [2.75, 3.05) is 19.6 Å². The fourth-order valence-corrected chi connectivity index (χ4v) is 3.05. The first kappa shape index (κ1) is 12.6. The number of likely N-dealkylation sites (tertiary alicyclic amines) is 1. The second-order valence-electron chi connectivity index (χ2n) is 5.49. The molecule has 1 amide bonds. The molecule has 2 saturated heterocycles. The molecule has 1 aromatic rings. The number of aromatic nitrogens is 2. The van der Waals surface area contributed by atoms with Gasteiger partial charge in [-0.15, -0.1) is 0 Å². The number of hydrogen-bond donors (Lipinski definition) is 3. The highest BCUT2D eigenvalue weighted by molar-refractivity contribution is 5.82. The fraction of sp³-hybridized carbons (Fsp3) is 0.692. The molecule has 0 spiro atoms. The summed E-state index contributed by atoms with van der Waals surface area (Å²) in [5, 5.41) is 19.6. The number of nitrogens with one attached hydrogen (secondary N) is 2. The second kappa shape index (κ2) is 5.30. The maximum atomic E-state index is 12.4. The molecular formula is C13H20N4O2. The number of nitrogens with zero attached hydrogens (tertiary/aromatic N) is 2. The average molecular weight is 264 g/mol. The first-order valence-electron chi connectivity index (χ1n) is 6.93. The SMILES string of the molecule is O=C(C1CC(O)CN1)N1CCCC(c2ccn[nH]2)C1. The van der Waals surface area contributed by atoms with E-state index in [2.05, 4.69) is 15.5 Å². The van der Waals surface area contributed by atoms with Gasteiger partial charge in [-0.3, -0.25) is 9.89 Å². The van der Waals surface area contributed by atoms with Gasteiger partial charge in [-0.2, -0.15) is 5.10 Å². The Kier molecular flexibility index (Phi) is 3.52. The van der Waals surface area contributed by atoms with Crippen molar-refractivity contribution in [3.63, 3.8) is 0 Å². The molecule has 1 aromatic heterocycles. The zero-order valence-electron chi connectivity index (χ0n) is 10.9. The quantitative estimate of drug-likeness (QED) is 0.693. The Labute approximate surface area is 112 Å². The van der Waals surface area contributed by atoms with E-state index in [1.54, 1.807) is 6.20 Å². The number of rotatable bonds is 2. The summed E-state index contributed by atoms with van der Waals surface area (Å²) in [5.41, 5.74) is 1.11. The van der Waals surface area contributed by atoms with Crippen molar-refractivity contribution in [2.45, 2.75) is 37.3 Å². The molecule has 3 heterocycles. The third kappa shape index (κ3) is 2.64. The lowest BCUT2D eigenvalue weighted by molar-refractivity contribution is -0.134. The summed E-state index contributed by atoms with van der Waals surface area (Å²) < 4.78 is 0. The number of aliphatic hydroxyl groups is 1. The Balaban J connectivity index is 1.63. The van der Waals surface area contributed by atoms with Crippen LogP contribution in [0.3, 0.4) is 0 Å². The minimum atomic E-state index is -0.387. The molecule has 6 nitrogen and oxygen atoms in total. The van der Waals surface area contributed by atoms with Gasteiger partial charge in [-0.1, -0.05) is 0 Å². The number of carbonyl (C=O) groups excluding carboxylic acids is 1. The van der Waals surface area contributed by atoms with Crippen LogP contribution in [0.25, 0.3) is 0 Å². The molecule has 3 unspecified atom stereocenters. The molecule has 19 heavy (non-hydrogen) atoms. The van der Waals surface area contributed by atoms with Crippen molar-refractivity contribution in [3.05, 3.63) is 18.0 Å². The third-order valence-electron chi connectivity index (χ3n) is 4.10. The van der Waals surface area contributed by atoms with E-state index < -0.39 is 0 Å². The first-order chi connectivity index (χ1) is 9.24. The first-order valence-corrected chi connectivity index (χ1v) is 6.93. The smallest absolute Gasteiger partial charge is 0.239 e. The number of H-pyrrole nitrogens is 1. The zero-order chi connectivity index (χ0) is 13.2. The van der Waals surface area contributed by atoms with Crippen molar-refractivity contribution >= 4 is 5.91 Å². The topological polar surface area (TPSA) is 81.2 Å². The molecule has 6 heteroatoms. The number of piperidine rings is 1. The lowest BCUT2D eigenvalue weighted by Crippen LogP contribution is -2.47. The van der Waals surface area contributed by atoms with Crippen LogP contribution in [0.15, 0.2) is 12.3 Å². The number of aliphatic hydroxyl groups excluding tert-OH is 1. The normalized spacial score (nSPS) is 31.6. The van der Waals surface area contributed by atoms with Gasteiger partial charge in [0.05, 0.1) is 12.1 Å². The average Bonchev–Trinajstić information content (AvgIpc) is 3.09. The van der Waals surface area contributed by atoms with E-state index in [0.29, 0.717) is 18.9 Å². The van der Waals surface area contributed by atoms with Gasteiger partial charge in [0.25, 0.3) is 0 Å². The molecule has 0 saturated carbocycles. The minimum absolute atomic E-state index is 0.126. The lowest BCUT2D eigenvalue weighted by atomic mass is 9.94. The van der Waals surface area contributed by atoms with Crippen LogP contribution < -0.4 is 5.32 Å². The van der Waals surface area contributed by atoms with Crippen LogP contribution in [0, 0.1) is 0 Å². The van der Waals surface area contributed by atoms with E-state index in [0.717, 1.165) is 31.6 Å². The summed E-state index contributed by atoms with van der Waals surface area (Å²) in [7, 11) is 0. The van der Waals surface area contributed by atoms with Crippen molar-refractivity contribution < 1.29 is 9.90 Å². The molecule has 2 fully saturated rings. The second-order valence-corrected chi connectivity index (χ2v) is 5.49. The van der Waals surface area contributed by atoms with Crippen LogP contribution in [0.5, 0.6) is 0 Å². The Morgan fingerprint density at radius 2 is 2.42 bits per heavy atom. The van der Waals surface area contributed by atoms with Gasteiger partial charge in [-0.25, -0.2) is 0 Å². The molecule has 3 atom stereocenters. The maximum Gasteiger partial charge on any atom is 0.239 e. The van der Waals surface area contributed by atoms with Gasteiger partial charge in [0.15, 0.2) is 0 Å². The van der Waals surface area contributed by atoms with E-state index in [9.17, 15) is 9.90 Å². The Hall–Kier alpha value is -1.40. The molecule has 0 aromatic carbocycles. The number of β-amino-alcohol motifs (C(OH)–C–C–N with tert-alkyl or cyclic N) is 1. The van der Waals surface area contributed by atoms with E-state index in [1.165, 1.54) is 0 Å². The van der Waals surface area contributed by atoms with Crippen LogP contribution in [0.2, 0.25) is 0 Å². The predicted molar refractivity (Wildman–Crippen MR) is 69.6 cm³/mol. The lowest BCUT2D eigenvalue weighted by Gasteiger charge is -2.33. The minimum Gasteiger partial charge on any atom is -0.392 e. The van der Waals surface area contributed by atoms with Crippen LogP contribution in [-0.2, 0) is 4.79 Å². The van der Waals surface area contributed by atoms with E-state index in [1.807, 2.05) is 11.0 Å². The van der Waals surface area contributed by atoms with Crippen molar-refractivity contribution in [1.82, 2.24) is 20.4 Å². The maximum absolute atomic E-state index is 12.4. The highest BCUT2D eigenvalue weighted by Crippen LogP contribution is 2.26. The number of aromatic amines is 1. The third-order valence-corrected chi connectivity index (χ3v) is 4.10. The van der Waals surface area contributed by atoms with Crippen LogP contribution in [0.1, 0.15) is 30.9 Å². The number of carbonyl (C=O) groups is 1. The van der Waals surface area contributed by atoms with Gasteiger partial charge in [0.2, 0.25) is 5.91 Å². The molecule has 0 aliphatic carbocycles. The molecule has 3 N–H and O–H groups in total. The number of hydrogen-bond acceptors (Lipinski definition) is 4. The molecule has 0 radical (unpaired) electrons. The number of amides is 1. The summed E-state index contributed by atoms with van der Waals surface area (Å²) in [6, 6.07) is 1.77. The van der Waals surface area contributed by atoms with Crippen molar-refractivity contribution in [2.24, 2.45) is 0 Å². The molecule has 0 bridgehead atoms. The van der Waals surface area contributed by atoms with Crippen molar-refractivity contribution in [1.29, 1.82) is 0 Å². The molecule has 104 valence electrons. The predicted octanol–water partition coefficient (Wildman–Crippen LogP) is -0.162. The zero-order valence-corrected chi connectivity index (χ0v) is 10.9. The molecule has 2 aliphatic rings. The van der Waals surface area contributed by atoms with Crippen LogP contribution >= 0.6 is 0 Å². The highest BCUT2D eigenvalue weighted by Gasteiger charge is 2.33. The van der Waals surface area contributed by atoms with Gasteiger partial charge in [0, 0.05) is 37.4 Å². The summed E-state index contributed by atoms with van der Waals surface area (Å²) in [5.74, 6) is 0.479.